The van der Waals surface area contributed by atoms with Crippen LogP contribution in [0.25, 0.3) is 0 Å². The highest BCUT2D eigenvalue weighted by atomic mass is 19.3. The Morgan fingerprint density at radius 2 is 2.00 bits per heavy atom. The van der Waals surface area contributed by atoms with Crippen LogP contribution in [0.4, 0.5) is 8.78 Å². The fourth-order valence-corrected chi connectivity index (χ4v) is 2.61. The molecule has 1 N–H and O–H groups in total. The van der Waals surface area contributed by atoms with Crippen LogP contribution in [0, 0.1) is 0 Å². The molecule has 0 saturated carbocycles. The number of nitrogens with zero attached hydrogens (tertiary/aromatic N) is 1. The van der Waals surface area contributed by atoms with Crippen LogP contribution >= 0.6 is 0 Å². The second-order valence-corrected chi connectivity index (χ2v) is 5.59. The fraction of sp³-hybridized carbons (Fsp3) is 0.500. The van der Waals surface area contributed by atoms with Crippen LogP contribution in [0.1, 0.15) is 18.4 Å². The van der Waals surface area contributed by atoms with Gasteiger partial charge in [0.05, 0.1) is 7.11 Å². The molecule has 1 aromatic carbocycles. The molecule has 0 radical (unpaired) electrons. The van der Waals surface area contributed by atoms with Gasteiger partial charge in [-0.25, -0.2) is 4.79 Å². The molecule has 1 heterocycles. The first-order chi connectivity index (χ1) is 11.8. The number of alkyl halides is 2. The highest BCUT2D eigenvalue weighted by Crippen LogP contribution is 2.30. The molecule has 1 aliphatic heterocycles. The van der Waals surface area contributed by atoms with Gasteiger partial charge in [-0.3, -0.25) is 4.79 Å². The molecule has 1 amide bonds. The summed E-state index contributed by atoms with van der Waals surface area (Å²) < 4.78 is 39.5. The Kier molecular flexibility index (Phi) is 6.13. The number of methoxy groups -OCH3 is 1. The van der Waals surface area contributed by atoms with Crippen molar-refractivity contribution in [3.05, 3.63) is 23.8 Å². The zero-order valence-electron chi connectivity index (χ0n) is 13.8. The number of hydrogen-bond donors (Lipinski definition) is 1. The molecule has 0 bridgehead atoms. The van der Waals surface area contributed by atoms with Gasteiger partial charge in [-0.05, 0) is 30.5 Å². The van der Waals surface area contributed by atoms with Gasteiger partial charge in [0.1, 0.15) is 6.10 Å². The molecule has 2 atom stereocenters. The predicted octanol–water partition coefficient (Wildman–Crippen LogP) is 1.89. The number of amides is 1. The predicted molar refractivity (Wildman–Crippen MR) is 81.6 cm³/mol. The van der Waals surface area contributed by atoms with E-state index in [1.165, 1.54) is 31.2 Å². The van der Waals surface area contributed by atoms with Gasteiger partial charge in [0.25, 0.3) is 5.91 Å². The van der Waals surface area contributed by atoms with Crippen LogP contribution in [0.3, 0.4) is 0 Å². The summed E-state index contributed by atoms with van der Waals surface area (Å²) in [7, 11) is 2.86. The standard InChI is InChI=1S/C16H19F2NO6/c1-19(14(20)11-5-6-12(24-11)15(21)22)8-9-3-4-10(23-2)13(7-9)25-16(17)18/h3-4,7,11-12,16H,5-6,8H2,1-2H3,(H,21,22)/t11-,12+/m0/s1. The Morgan fingerprint density at radius 1 is 1.32 bits per heavy atom. The molecule has 138 valence electrons. The molecule has 7 nitrogen and oxygen atoms in total. The third-order valence-electron chi connectivity index (χ3n) is 3.81. The lowest BCUT2D eigenvalue weighted by atomic mass is 10.1. The van der Waals surface area contributed by atoms with Gasteiger partial charge in [0, 0.05) is 13.6 Å². The third kappa shape index (κ3) is 4.79. The average molecular weight is 359 g/mol. The Labute approximate surface area is 143 Å². The minimum Gasteiger partial charge on any atom is -0.493 e. The van der Waals surface area contributed by atoms with Crippen molar-refractivity contribution in [2.24, 2.45) is 0 Å². The van der Waals surface area contributed by atoms with Gasteiger partial charge in [0.15, 0.2) is 17.6 Å². The van der Waals surface area contributed by atoms with Crippen LogP contribution in [-0.4, -0.2) is 54.9 Å². The molecular formula is C16H19F2NO6. The molecule has 9 heteroatoms. The maximum absolute atomic E-state index is 12.5. The number of carbonyl (C=O) groups is 2. The maximum atomic E-state index is 12.5. The van der Waals surface area contributed by atoms with E-state index < -0.39 is 24.8 Å². The molecule has 1 aliphatic rings. The number of carboxylic acids is 1. The van der Waals surface area contributed by atoms with E-state index in [1.54, 1.807) is 6.07 Å². The van der Waals surface area contributed by atoms with Gasteiger partial charge in [-0.2, -0.15) is 8.78 Å². The van der Waals surface area contributed by atoms with E-state index in [9.17, 15) is 18.4 Å². The molecule has 1 saturated heterocycles. The first-order valence-corrected chi connectivity index (χ1v) is 7.56. The van der Waals surface area contributed by atoms with Crippen molar-refractivity contribution in [3.8, 4) is 11.5 Å². The summed E-state index contributed by atoms with van der Waals surface area (Å²) in [5.41, 5.74) is 0.556. The number of hydrogen-bond acceptors (Lipinski definition) is 5. The van der Waals surface area contributed by atoms with Crippen LogP contribution < -0.4 is 9.47 Å². The second-order valence-electron chi connectivity index (χ2n) is 5.59. The van der Waals surface area contributed by atoms with Gasteiger partial charge in [0.2, 0.25) is 0 Å². The summed E-state index contributed by atoms with van der Waals surface area (Å²) >= 11 is 0. The van der Waals surface area contributed by atoms with E-state index >= 15 is 0 Å². The number of aliphatic carboxylic acids is 1. The summed E-state index contributed by atoms with van der Waals surface area (Å²) in [6, 6.07) is 4.46. The maximum Gasteiger partial charge on any atom is 0.387 e. The fourth-order valence-electron chi connectivity index (χ4n) is 2.61. The minimum absolute atomic E-state index is 0.125. The first-order valence-electron chi connectivity index (χ1n) is 7.56. The van der Waals surface area contributed by atoms with Crippen molar-refractivity contribution in [1.82, 2.24) is 4.90 Å². The van der Waals surface area contributed by atoms with Crippen molar-refractivity contribution >= 4 is 11.9 Å². The molecule has 0 aromatic heterocycles. The summed E-state index contributed by atoms with van der Waals surface area (Å²) in [6.07, 6.45) is -1.20. The van der Waals surface area contributed by atoms with E-state index in [0.29, 0.717) is 12.0 Å². The molecule has 2 rings (SSSR count). The largest absolute Gasteiger partial charge is 0.493 e. The Bertz CT molecular complexity index is 639. The van der Waals surface area contributed by atoms with Gasteiger partial charge >= 0.3 is 12.6 Å². The monoisotopic (exact) mass is 359 g/mol. The van der Waals surface area contributed by atoms with Crippen molar-refractivity contribution in [1.29, 1.82) is 0 Å². The Morgan fingerprint density at radius 3 is 2.56 bits per heavy atom. The van der Waals surface area contributed by atoms with Crippen LogP contribution in [0.15, 0.2) is 18.2 Å². The summed E-state index contributed by atoms with van der Waals surface area (Å²) in [5.74, 6) is -1.43. The van der Waals surface area contributed by atoms with Gasteiger partial charge in [-0.1, -0.05) is 6.07 Å². The molecule has 25 heavy (non-hydrogen) atoms. The quantitative estimate of drug-likeness (QED) is 0.800. The van der Waals surface area contributed by atoms with E-state index in [1.807, 2.05) is 0 Å². The number of halogens is 2. The Balaban J connectivity index is 2.03. The highest BCUT2D eigenvalue weighted by Gasteiger charge is 2.36. The van der Waals surface area contributed by atoms with E-state index in [2.05, 4.69) is 4.74 Å². The van der Waals surface area contributed by atoms with Crippen molar-refractivity contribution in [2.75, 3.05) is 14.2 Å². The Hall–Kier alpha value is -2.42. The number of benzene rings is 1. The van der Waals surface area contributed by atoms with Gasteiger partial charge in [-0.15, -0.1) is 0 Å². The number of ether oxygens (including phenoxy) is 3. The molecule has 0 aliphatic carbocycles. The average Bonchev–Trinajstić information content (AvgIpc) is 3.04. The topological polar surface area (TPSA) is 85.3 Å². The van der Waals surface area contributed by atoms with E-state index in [-0.39, 0.29) is 30.4 Å². The molecular weight excluding hydrogens is 340 g/mol. The van der Waals surface area contributed by atoms with Crippen LogP contribution in [-0.2, 0) is 20.9 Å². The summed E-state index contributed by atoms with van der Waals surface area (Å²) in [6.45, 7) is -2.87. The zero-order chi connectivity index (χ0) is 18.6. The van der Waals surface area contributed by atoms with E-state index in [0.717, 1.165) is 0 Å². The lowest BCUT2D eigenvalue weighted by Crippen LogP contribution is -2.36. The smallest absolute Gasteiger partial charge is 0.387 e. The summed E-state index contributed by atoms with van der Waals surface area (Å²) in [4.78, 5) is 24.6. The molecule has 1 aromatic rings. The zero-order valence-corrected chi connectivity index (χ0v) is 13.8. The van der Waals surface area contributed by atoms with Crippen molar-refractivity contribution in [3.63, 3.8) is 0 Å². The third-order valence-corrected chi connectivity index (χ3v) is 3.81. The van der Waals surface area contributed by atoms with E-state index in [4.69, 9.17) is 14.6 Å². The van der Waals surface area contributed by atoms with Crippen LogP contribution in [0.2, 0.25) is 0 Å². The molecule has 1 fully saturated rings. The SMILES string of the molecule is COc1ccc(CN(C)C(=O)[C@@H]2CC[C@H](C(=O)O)O2)cc1OC(F)F. The lowest BCUT2D eigenvalue weighted by molar-refractivity contribution is -0.154. The lowest BCUT2D eigenvalue weighted by Gasteiger charge is -2.21. The molecule has 0 unspecified atom stereocenters. The van der Waals surface area contributed by atoms with Gasteiger partial charge < -0.3 is 24.2 Å². The second kappa shape index (κ2) is 8.11. The van der Waals surface area contributed by atoms with Crippen LogP contribution in [0.5, 0.6) is 11.5 Å². The highest BCUT2D eigenvalue weighted by molar-refractivity contribution is 5.82. The number of carbonyl (C=O) groups excluding carboxylic acids is 1. The first kappa shape index (κ1) is 18.9. The minimum atomic E-state index is -3.00. The number of likely N-dealkylation sites (N-methyl/N-ethyl adjacent to an activating group) is 1. The number of carboxylic acid groups (broad SMARTS) is 1. The van der Waals surface area contributed by atoms with Crippen molar-refractivity contribution < 1.29 is 37.7 Å². The van der Waals surface area contributed by atoms with Crippen molar-refractivity contribution in [2.45, 2.75) is 38.2 Å². The molecule has 0 spiro atoms. The normalized spacial score (nSPS) is 19.7. The number of rotatable bonds is 7. The summed E-state index contributed by atoms with van der Waals surface area (Å²) in [5, 5.41) is 8.90.